The highest BCUT2D eigenvalue weighted by molar-refractivity contribution is 5.90. The van der Waals surface area contributed by atoms with Gasteiger partial charge >= 0.3 is 0 Å². The number of amides is 1. The normalized spacial score (nSPS) is 10.8. The number of benzene rings is 1. The van der Waals surface area contributed by atoms with Crippen LogP contribution < -0.4 is 5.32 Å². The summed E-state index contributed by atoms with van der Waals surface area (Å²) in [4.78, 5) is 16.4. The van der Waals surface area contributed by atoms with Gasteiger partial charge in [0.15, 0.2) is 0 Å². The fourth-order valence-electron chi connectivity index (χ4n) is 2.54. The number of carbonyl (C=O) groups excluding carboxylic acids is 1. The van der Waals surface area contributed by atoms with Crippen LogP contribution in [0.5, 0.6) is 0 Å². The van der Waals surface area contributed by atoms with Gasteiger partial charge in [0.2, 0.25) is 5.91 Å². The van der Waals surface area contributed by atoms with Gasteiger partial charge in [0, 0.05) is 18.8 Å². The standard InChI is InChI=1S/C18H19N3O/c1-13-4-3-5-15(10-13)6-9-18(22)20-16-7-8-17-19-14(2)11-21(17)12-16/h3-5,7-8,10-12H,6,9H2,1-2H3,(H,20,22). The molecule has 1 aromatic carbocycles. The molecular formula is C18H19N3O. The van der Waals surface area contributed by atoms with E-state index in [9.17, 15) is 4.79 Å². The first kappa shape index (κ1) is 14.3. The van der Waals surface area contributed by atoms with Crippen LogP contribution in [0.1, 0.15) is 23.2 Å². The van der Waals surface area contributed by atoms with Gasteiger partial charge in [-0.25, -0.2) is 4.98 Å². The molecule has 4 nitrogen and oxygen atoms in total. The lowest BCUT2D eigenvalue weighted by atomic mass is 10.1. The van der Waals surface area contributed by atoms with Gasteiger partial charge in [-0.15, -0.1) is 0 Å². The number of hydrogen-bond donors (Lipinski definition) is 1. The number of carbonyl (C=O) groups is 1. The zero-order valence-corrected chi connectivity index (χ0v) is 12.8. The molecule has 3 rings (SSSR count). The third-order valence-electron chi connectivity index (χ3n) is 3.58. The van der Waals surface area contributed by atoms with Gasteiger partial charge in [0.25, 0.3) is 0 Å². The molecule has 0 saturated carbocycles. The average molecular weight is 293 g/mol. The van der Waals surface area contributed by atoms with Crippen molar-refractivity contribution in [1.82, 2.24) is 9.38 Å². The zero-order chi connectivity index (χ0) is 15.5. The van der Waals surface area contributed by atoms with Crippen LogP contribution in [0.4, 0.5) is 5.69 Å². The molecule has 1 amide bonds. The summed E-state index contributed by atoms with van der Waals surface area (Å²) in [6.07, 6.45) is 5.06. The van der Waals surface area contributed by atoms with Crippen molar-refractivity contribution in [2.45, 2.75) is 26.7 Å². The van der Waals surface area contributed by atoms with Crippen LogP contribution in [-0.4, -0.2) is 15.3 Å². The van der Waals surface area contributed by atoms with Crippen LogP contribution in [0.3, 0.4) is 0 Å². The SMILES string of the molecule is Cc1cccc(CCC(=O)Nc2ccc3nc(C)cn3c2)c1. The van der Waals surface area contributed by atoms with Crippen molar-refractivity contribution >= 4 is 17.2 Å². The lowest BCUT2D eigenvalue weighted by Crippen LogP contribution is -2.12. The maximum Gasteiger partial charge on any atom is 0.224 e. The third kappa shape index (κ3) is 3.34. The summed E-state index contributed by atoms with van der Waals surface area (Å²) >= 11 is 0. The number of imidazole rings is 1. The van der Waals surface area contributed by atoms with Gasteiger partial charge < -0.3 is 9.72 Å². The Kier molecular flexibility index (Phi) is 3.92. The number of anilines is 1. The van der Waals surface area contributed by atoms with Crippen LogP contribution in [0.2, 0.25) is 0 Å². The van der Waals surface area contributed by atoms with Crippen LogP contribution >= 0.6 is 0 Å². The number of pyridine rings is 1. The maximum atomic E-state index is 12.1. The molecule has 0 unspecified atom stereocenters. The highest BCUT2D eigenvalue weighted by atomic mass is 16.1. The second-order valence-electron chi connectivity index (χ2n) is 5.60. The minimum absolute atomic E-state index is 0.0256. The van der Waals surface area contributed by atoms with Crippen LogP contribution in [0, 0.1) is 13.8 Å². The monoisotopic (exact) mass is 293 g/mol. The van der Waals surface area contributed by atoms with E-state index in [2.05, 4.69) is 35.4 Å². The molecule has 0 saturated heterocycles. The fraction of sp³-hybridized carbons (Fsp3) is 0.222. The topological polar surface area (TPSA) is 46.4 Å². The van der Waals surface area contributed by atoms with E-state index >= 15 is 0 Å². The maximum absolute atomic E-state index is 12.1. The number of aryl methyl sites for hydroxylation is 3. The summed E-state index contributed by atoms with van der Waals surface area (Å²) in [7, 11) is 0. The van der Waals surface area contributed by atoms with Crippen molar-refractivity contribution in [3.05, 3.63) is 65.6 Å². The summed E-state index contributed by atoms with van der Waals surface area (Å²) < 4.78 is 1.92. The first-order valence-corrected chi connectivity index (χ1v) is 7.41. The number of rotatable bonds is 4. The summed E-state index contributed by atoms with van der Waals surface area (Å²) in [6, 6.07) is 12.0. The summed E-state index contributed by atoms with van der Waals surface area (Å²) in [5.74, 6) is 0.0256. The van der Waals surface area contributed by atoms with Crippen molar-refractivity contribution < 1.29 is 4.79 Å². The molecule has 2 heterocycles. The van der Waals surface area contributed by atoms with E-state index in [0.29, 0.717) is 6.42 Å². The van der Waals surface area contributed by atoms with E-state index in [1.54, 1.807) is 0 Å². The van der Waals surface area contributed by atoms with Crippen molar-refractivity contribution in [3.63, 3.8) is 0 Å². The van der Waals surface area contributed by atoms with Crippen LogP contribution in [-0.2, 0) is 11.2 Å². The first-order valence-electron chi connectivity index (χ1n) is 7.41. The summed E-state index contributed by atoms with van der Waals surface area (Å²) in [6.45, 7) is 4.01. The highest BCUT2D eigenvalue weighted by Gasteiger charge is 2.05. The lowest BCUT2D eigenvalue weighted by Gasteiger charge is -2.06. The molecule has 0 radical (unpaired) electrons. The Balaban J connectivity index is 1.62. The van der Waals surface area contributed by atoms with E-state index < -0.39 is 0 Å². The molecule has 3 aromatic rings. The number of fused-ring (bicyclic) bond motifs is 1. The molecular weight excluding hydrogens is 274 g/mol. The molecule has 0 atom stereocenters. The van der Waals surface area contributed by atoms with Crippen LogP contribution in [0.15, 0.2) is 48.8 Å². The zero-order valence-electron chi connectivity index (χ0n) is 12.8. The number of nitrogens with zero attached hydrogens (tertiary/aromatic N) is 2. The Morgan fingerprint density at radius 3 is 2.86 bits per heavy atom. The largest absolute Gasteiger partial charge is 0.325 e. The molecule has 2 aromatic heterocycles. The number of aromatic nitrogens is 2. The Bertz CT molecular complexity index is 820. The van der Waals surface area contributed by atoms with Gasteiger partial charge in [-0.1, -0.05) is 29.8 Å². The molecule has 0 aliphatic carbocycles. The van der Waals surface area contributed by atoms with E-state index in [1.807, 2.05) is 41.9 Å². The van der Waals surface area contributed by atoms with Gasteiger partial charge in [-0.2, -0.15) is 0 Å². The third-order valence-corrected chi connectivity index (χ3v) is 3.58. The van der Waals surface area contributed by atoms with Gasteiger partial charge in [0.1, 0.15) is 5.65 Å². The van der Waals surface area contributed by atoms with Crippen molar-refractivity contribution in [2.75, 3.05) is 5.32 Å². The second-order valence-corrected chi connectivity index (χ2v) is 5.60. The molecule has 0 aliphatic heterocycles. The van der Waals surface area contributed by atoms with Crippen molar-refractivity contribution in [1.29, 1.82) is 0 Å². The predicted molar refractivity (Wildman–Crippen MR) is 88.1 cm³/mol. The number of hydrogen-bond acceptors (Lipinski definition) is 2. The highest BCUT2D eigenvalue weighted by Crippen LogP contribution is 2.12. The van der Waals surface area contributed by atoms with E-state index in [-0.39, 0.29) is 5.91 Å². The quantitative estimate of drug-likeness (QED) is 0.800. The van der Waals surface area contributed by atoms with E-state index in [0.717, 1.165) is 23.4 Å². The fourth-order valence-corrected chi connectivity index (χ4v) is 2.54. The first-order chi connectivity index (χ1) is 10.6. The van der Waals surface area contributed by atoms with Gasteiger partial charge in [0.05, 0.1) is 11.4 Å². The lowest BCUT2D eigenvalue weighted by molar-refractivity contribution is -0.116. The minimum Gasteiger partial charge on any atom is -0.325 e. The second kappa shape index (κ2) is 6.02. The average Bonchev–Trinajstić information content (AvgIpc) is 2.84. The molecule has 0 spiro atoms. The summed E-state index contributed by atoms with van der Waals surface area (Å²) in [5.41, 5.74) is 5.05. The minimum atomic E-state index is 0.0256. The molecule has 0 bridgehead atoms. The smallest absolute Gasteiger partial charge is 0.224 e. The number of nitrogens with one attached hydrogen (secondary N) is 1. The van der Waals surface area contributed by atoms with Crippen molar-refractivity contribution in [3.8, 4) is 0 Å². The van der Waals surface area contributed by atoms with Crippen LogP contribution in [0.25, 0.3) is 5.65 Å². The Morgan fingerprint density at radius 1 is 1.18 bits per heavy atom. The molecule has 0 aliphatic rings. The Morgan fingerprint density at radius 2 is 2.05 bits per heavy atom. The van der Waals surface area contributed by atoms with Gasteiger partial charge in [-0.3, -0.25) is 4.79 Å². The molecule has 0 fully saturated rings. The molecule has 22 heavy (non-hydrogen) atoms. The Hall–Kier alpha value is -2.62. The molecule has 112 valence electrons. The molecule has 1 N–H and O–H groups in total. The van der Waals surface area contributed by atoms with Crippen molar-refractivity contribution in [2.24, 2.45) is 0 Å². The summed E-state index contributed by atoms with van der Waals surface area (Å²) in [5, 5.41) is 2.94. The predicted octanol–water partition coefficient (Wildman–Crippen LogP) is 3.52. The van der Waals surface area contributed by atoms with Gasteiger partial charge in [-0.05, 0) is 38.0 Å². The molecule has 4 heteroatoms. The Labute approximate surface area is 129 Å². The van der Waals surface area contributed by atoms with E-state index in [4.69, 9.17) is 0 Å². The van der Waals surface area contributed by atoms with E-state index in [1.165, 1.54) is 11.1 Å².